The van der Waals surface area contributed by atoms with Gasteiger partial charge in [0.2, 0.25) is 0 Å². The summed E-state index contributed by atoms with van der Waals surface area (Å²) in [6.45, 7) is 1.89. The zero-order chi connectivity index (χ0) is 12.0. The maximum Gasteiger partial charge on any atom is 0.317 e. The fraction of sp³-hybridized carbons (Fsp3) is 0.231. The minimum atomic E-state index is -0.365. The van der Waals surface area contributed by atoms with Gasteiger partial charge < -0.3 is 4.74 Å². The van der Waals surface area contributed by atoms with Crippen LogP contribution in [0, 0.1) is 18.8 Å². The number of carbonyl (C=O) groups is 2. The van der Waals surface area contributed by atoms with E-state index < -0.39 is 0 Å². The Morgan fingerprint density at radius 2 is 2.19 bits per heavy atom. The summed E-state index contributed by atoms with van der Waals surface area (Å²) in [6.07, 6.45) is 0.833. The average Bonchev–Trinajstić information content (AvgIpc) is 2.28. The van der Waals surface area contributed by atoms with Gasteiger partial charge in [0.15, 0.2) is 0 Å². The van der Waals surface area contributed by atoms with Gasteiger partial charge in [-0.3, -0.25) is 9.59 Å². The molecular formula is C13H12O3. The van der Waals surface area contributed by atoms with Gasteiger partial charge in [0.25, 0.3) is 0 Å². The first-order chi connectivity index (χ1) is 7.65. The Morgan fingerprint density at radius 3 is 2.81 bits per heavy atom. The molecule has 0 unspecified atom stereocenters. The molecule has 0 spiro atoms. The van der Waals surface area contributed by atoms with E-state index in [4.69, 9.17) is 0 Å². The van der Waals surface area contributed by atoms with Crippen molar-refractivity contribution in [1.82, 2.24) is 0 Å². The summed E-state index contributed by atoms with van der Waals surface area (Å²) in [4.78, 5) is 21.4. The van der Waals surface area contributed by atoms with Crippen LogP contribution in [-0.4, -0.2) is 19.4 Å². The third kappa shape index (κ3) is 3.58. The second kappa shape index (κ2) is 5.72. The lowest BCUT2D eigenvalue weighted by molar-refractivity contribution is -0.139. The van der Waals surface area contributed by atoms with Gasteiger partial charge in [-0.1, -0.05) is 11.8 Å². The second-order valence-corrected chi connectivity index (χ2v) is 3.30. The maximum absolute atomic E-state index is 10.8. The molecule has 0 radical (unpaired) electrons. The van der Waals surface area contributed by atoms with Gasteiger partial charge in [-0.15, -0.1) is 0 Å². The number of benzene rings is 1. The largest absolute Gasteiger partial charge is 0.468 e. The fourth-order valence-corrected chi connectivity index (χ4v) is 1.24. The highest BCUT2D eigenvalue weighted by atomic mass is 16.5. The van der Waals surface area contributed by atoms with Crippen LogP contribution >= 0.6 is 0 Å². The lowest BCUT2D eigenvalue weighted by Gasteiger charge is -1.96. The predicted molar refractivity (Wildman–Crippen MR) is 60.1 cm³/mol. The summed E-state index contributed by atoms with van der Waals surface area (Å²) in [5.41, 5.74) is 2.28. The topological polar surface area (TPSA) is 43.4 Å². The molecule has 0 aromatic heterocycles. The van der Waals surface area contributed by atoms with Crippen LogP contribution < -0.4 is 0 Å². The first-order valence-electron chi connectivity index (χ1n) is 4.78. The molecule has 3 heteroatoms. The maximum atomic E-state index is 10.8. The smallest absolute Gasteiger partial charge is 0.317 e. The Balaban J connectivity index is 2.84. The van der Waals surface area contributed by atoms with E-state index in [0.717, 1.165) is 17.4 Å². The SMILES string of the molecule is COC(=O)CC#Cc1cc(C)cc(C=O)c1. The van der Waals surface area contributed by atoms with Crippen molar-refractivity contribution in [3.05, 3.63) is 34.9 Å². The molecule has 0 aliphatic heterocycles. The molecule has 3 nitrogen and oxygen atoms in total. The Morgan fingerprint density at radius 1 is 1.44 bits per heavy atom. The molecule has 0 saturated carbocycles. The Labute approximate surface area is 94.4 Å². The van der Waals surface area contributed by atoms with Crippen LogP contribution in [0.4, 0.5) is 0 Å². The molecule has 0 atom stereocenters. The average molecular weight is 216 g/mol. The van der Waals surface area contributed by atoms with Gasteiger partial charge in [-0.2, -0.15) is 0 Å². The summed E-state index contributed by atoms with van der Waals surface area (Å²) < 4.78 is 4.46. The number of carbonyl (C=O) groups excluding carboxylic acids is 2. The minimum Gasteiger partial charge on any atom is -0.468 e. The Hall–Kier alpha value is -2.08. The highest BCUT2D eigenvalue weighted by Crippen LogP contribution is 2.06. The summed E-state index contributed by atoms with van der Waals surface area (Å²) in [5.74, 6) is 5.14. The van der Waals surface area contributed by atoms with Gasteiger partial charge in [-0.05, 0) is 30.7 Å². The van der Waals surface area contributed by atoms with Crippen molar-refractivity contribution in [2.24, 2.45) is 0 Å². The number of ether oxygens (including phenoxy) is 1. The van der Waals surface area contributed by atoms with Crippen LogP contribution in [0.1, 0.15) is 27.9 Å². The van der Waals surface area contributed by atoms with Crippen molar-refractivity contribution in [2.75, 3.05) is 7.11 Å². The summed E-state index contributed by atoms with van der Waals surface area (Å²) in [5, 5.41) is 0. The van der Waals surface area contributed by atoms with Crippen LogP contribution in [0.5, 0.6) is 0 Å². The van der Waals surface area contributed by atoms with E-state index in [9.17, 15) is 9.59 Å². The van der Waals surface area contributed by atoms with Gasteiger partial charge >= 0.3 is 5.97 Å². The molecule has 0 heterocycles. The van der Waals surface area contributed by atoms with E-state index in [-0.39, 0.29) is 12.4 Å². The van der Waals surface area contributed by atoms with Gasteiger partial charge in [0, 0.05) is 11.1 Å². The highest BCUT2D eigenvalue weighted by molar-refractivity contribution is 5.76. The standard InChI is InChI=1S/C13H12O3/c1-10-6-11(8-12(7-10)9-14)4-3-5-13(15)16-2/h6-9H,5H2,1-2H3. The number of aryl methyl sites for hydroxylation is 1. The predicted octanol–water partition coefficient (Wildman–Crippen LogP) is 1.72. The first-order valence-corrected chi connectivity index (χ1v) is 4.78. The molecule has 0 amide bonds. The Bertz CT molecular complexity index is 464. The van der Waals surface area contributed by atoms with Crippen molar-refractivity contribution in [3.63, 3.8) is 0 Å². The van der Waals surface area contributed by atoms with E-state index in [1.807, 2.05) is 13.0 Å². The number of methoxy groups -OCH3 is 1. The van der Waals surface area contributed by atoms with Crippen molar-refractivity contribution < 1.29 is 14.3 Å². The lowest BCUT2D eigenvalue weighted by Crippen LogP contribution is -1.97. The molecule has 1 rings (SSSR count). The normalized spacial score (nSPS) is 8.88. The highest BCUT2D eigenvalue weighted by Gasteiger charge is 1.96. The van der Waals surface area contributed by atoms with Crippen molar-refractivity contribution in [2.45, 2.75) is 13.3 Å². The molecule has 16 heavy (non-hydrogen) atoms. The fourth-order valence-electron chi connectivity index (χ4n) is 1.24. The number of rotatable bonds is 2. The third-order valence-corrected chi connectivity index (χ3v) is 1.93. The zero-order valence-electron chi connectivity index (χ0n) is 9.24. The van der Waals surface area contributed by atoms with E-state index >= 15 is 0 Å². The molecule has 1 aromatic carbocycles. The summed E-state index contributed by atoms with van der Waals surface area (Å²) in [6, 6.07) is 5.32. The van der Waals surface area contributed by atoms with Crippen molar-refractivity contribution >= 4 is 12.3 Å². The number of hydrogen-bond donors (Lipinski definition) is 0. The van der Waals surface area contributed by atoms with Crippen LogP contribution in [0.2, 0.25) is 0 Å². The number of aldehydes is 1. The van der Waals surface area contributed by atoms with E-state index in [1.165, 1.54) is 7.11 Å². The van der Waals surface area contributed by atoms with E-state index in [1.54, 1.807) is 12.1 Å². The minimum absolute atomic E-state index is 0.0564. The monoisotopic (exact) mass is 216 g/mol. The molecule has 0 saturated heterocycles. The van der Waals surface area contributed by atoms with Gasteiger partial charge in [0.05, 0.1) is 7.11 Å². The van der Waals surface area contributed by atoms with E-state index in [0.29, 0.717) is 5.56 Å². The zero-order valence-corrected chi connectivity index (χ0v) is 9.24. The molecule has 0 fully saturated rings. The molecule has 0 aliphatic rings. The van der Waals surface area contributed by atoms with E-state index in [2.05, 4.69) is 16.6 Å². The van der Waals surface area contributed by atoms with Crippen LogP contribution in [0.3, 0.4) is 0 Å². The second-order valence-electron chi connectivity index (χ2n) is 3.30. The van der Waals surface area contributed by atoms with Crippen molar-refractivity contribution in [1.29, 1.82) is 0 Å². The molecule has 0 aliphatic carbocycles. The third-order valence-electron chi connectivity index (χ3n) is 1.93. The summed E-state index contributed by atoms with van der Waals surface area (Å²) in [7, 11) is 1.32. The van der Waals surface area contributed by atoms with Gasteiger partial charge in [-0.25, -0.2) is 0 Å². The lowest BCUT2D eigenvalue weighted by atomic mass is 10.1. The van der Waals surface area contributed by atoms with Gasteiger partial charge in [0.1, 0.15) is 12.7 Å². The molecule has 1 aromatic rings. The first kappa shape index (κ1) is 12.0. The molecule has 0 bridgehead atoms. The molecule has 0 N–H and O–H groups in total. The number of hydrogen-bond acceptors (Lipinski definition) is 3. The van der Waals surface area contributed by atoms with Crippen molar-refractivity contribution in [3.8, 4) is 11.8 Å². The molecular weight excluding hydrogens is 204 g/mol. The summed E-state index contributed by atoms with van der Waals surface area (Å²) >= 11 is 0. The molecule has 82 valence electrons. The Kier molecular flexibility index (Phi) is 4.28. The quantitative estimate of drug-likeness (QED) is 0.429. The van der Waals surface area contributed by atoms with Crippen LogP contribution in [0.25, 0.3) is 0 Å². The van der Waals surface area contributed by atoms with Crippen LogP contribution in [-0.2, 0) is 9.53 Å². The number of esters is 1. The van der Waals surface area contributed by atoms with Crippen LogP contribution in [0.15, 0.2) is 18.2 Å².